The number of H-pyrrole nitrogens is 1. The van der Waals surface area contributed by atoms with E-state index in [4.69, 9.17) is 0 Å². The molecule has 0 bridgehead atoms. The number of aromatic amines is 1. The van der Waals surface area contributed by atoms with E-state index < -0.39 is 0 Å². The number of hydrogen-bond donors (Lipinski definition) is 1. The van der Waals surface area contributed by atoms with Crippen LogP contribution >= 0.6 is 15.9 Å². The molecular weight excluding hydrogens is 268 g/mol. The molecule has 1 N–H and O–H groups in total. The van der Waals surface area contributed by atoms with Crippen LogP contribution in [0.4, 0.5) is 0 Å². The van der Waals surface area contributed by atoms with Crippen molar-refractivity contribution in [1.82, 2.24) is 9.97 Å². The number of rotatable bonds is 0. The fourth-order valence-electron chi connectivity index (χ4n) is 1.55. The van der Waals surface area contributed by atoms with Crippen LogP contribution in [0.1, 0.15) is 26.3 Å². The summed E-state index contributed by atoms with van der Waals surface area (Å²) in [6, 6.07) is 4.03. The summed E-state index contributed by atoms with van der Waals surface area (Å²) in [5.41, 5.74) is 2.59. The van der Waals surface area contributed by atoms with Crippen molar-refractivity contribution < 1.29 is 0 Å². The molecule has 0 aliphatic rings. The maximum Gasteiger partial charge on any atom is 0.266 e. The fraction of sp³-hybridized carbons (Fsp3) is 0.333. The number of hydrogen-bond acceptors (Lipinski definition) is 2. The van der Waals surface area contributed by atoms with Gasteiger partial charge in [0.2, 0.25) is 0 Å². The quantitative estimate of drug-likeness (QED) is 0.806. The van der Waals surface area contributed by atoms with Crippen molar-refractivity contribution >= 4 is 27.0 Å². The molecule has 0 atom stereocenters. The van der Waals surface area contributed by atoms with Gasteiger partial charge >= 0.3 is 0 Å². The summed E-state index contributed by atoms with van der Waals surface area (Å²) in [5, 5.41) is 0. The molecular formula is C12H13BrN2O. The SMILES string of the molecule is CC(C)(C)c1cc(Br)c2ncc(=O)[nH]c2c1. The Bertz CT molecular complexity index is 596. The molecule has 0 unspecified atom stereocenters. The molecule has 0 saturated heterocycles. The van der Waals surface area contributed by atoms with Gasteiger partial charge in [0.25, 0.3) is 5.56 Å². The molecule has 2 aromatic rings. The average molecular weight is 281 g/mol. The summed E-state index contributed by atoms with van der Waals surface area (Å²) in [4.78, 5) is 18.1. The van der Waals surface area contributed by atoms with E-state index in [0.29, 0.717) is 0 Å². The fourth-order valence-corrected chi connectivity index (χ4v) is 2.11. The van der Waals surface area contributed by atoms with Gasteiger partial charge in [0.1, 0.15) is 5.52 Å². The molecule has 16 heavy (non-hydrogen) atoms. The Morgan fingerprint density at radius 1 is 1.31 bits per heavy atom. The van der Waals surface area contributed by atoms with Gasteiger partial charge in [0.15, 0.2) is 0 Å². The predicted molar refractivity (Wildman–Crippen MR) is 68.8 cm³/mol. The highest BCUT2D eigenvalue weighted by atomic mass is 79.9. The Balaban J connectivity index is 2.80. The molecule has 1 aromatic heterocycles. The second kappa shape index (κ2) is 3.70. The lowest BCUT2D eigenvalue weighted by atomic mass is 9.87. The summed E-state index contributed by atoms with van der Waals surface area (Å²) in [6.45, 7) is 6.40. The first-order valence-electron chi connectivity index (χ1n) is 5.07. The molecule has 0 aliphatic carbocycles. The van der Waals surface area contributed by atoms with Gasteiger partial charge in [0, 0.05) is 4.47 Å². The largest absolute Gasteiger partial charge is 0.319 e. The van der Waals surface area contributed by atoms with Gasteiger partial charge in [-0.05, 0) is 39.0 Å². The van der Waals surface area contributed by atoms with Crippen LogP contribution in [0.15, 0.2) is 27.6 Å². The Morgan fingerprint density at radius 2 is 2.00 bits per heavy atom. The molecule has 0 spiro atoms. The van der Waals surface area contributed by atoms with Crippen molar-refractivity contribution in [1.29, 1.82) is 0 Å². The number of nitrogens with zero attached hydrogens (tertiary/aromatic N) is 1. The van der Waals surface area contributed by atoms with Crippen molar-refractivity contribution in [2.75, 3.05) is 0 Å². The number of fused-ring (bicyclic) bond motifs is 1. The van der Waals surface area contributed by atoms with E-state index in [9.17, 15) is 4.79 Å². The smallest absolute Gasteiger partial charge is 0.266 e. The highest BCUT2D eigenvalue weighted by Gasteiger charge is 2.16. The predicted octanol–water partition coefficient (Wildman–Crippen LogP) is 2.98. The molecule has 0 fully saturated rings. The van der Waals surface area contributed by atoms with E-state index >= 15 is 0 Å². The van der Waals surface area contributed by atoms with Crippen LogP contribution in [0.3, 0.4) is 0 Å². The summed E-state index contributed by atoms with van der Waals surface area (Å²) in [7, 11) is 0. The molecule has 3 nitrogen and oxygen atoms in total. The Kier molecular flexibility index (Phi) is 2.62. The summed E-state index contributed by atoms with van der Waals surface area (Å²) in [6.07, 6.45) is 1.30. The average Bonchev–Trinajstić information content (AvgIpc) is 2.15. The van der Waals surface area contributed by atoms with Crippen molar-refractivity contribution in [3.05, 3.63) is 38.7 Å². The number of nitrogens with one attached hydrogen (secondary N) is 1. The first kappa shape index (κ1) is 11.3. The van der Waals surface area contributed by atoms with E-state index in [0.717, 1.165) is 21.1 Å². The van der Waals surface area contributed by atoms with E-state index in [2.05, 4.69) is 46.7 Å². The molecule has 0 aliphatic heterocycles. The number of aromatic nitrogens is 2. The van der Waals surface area contributed by atoms with Crippen molar-refractivity contribution in [3.8, 4) is 0 Å². The van der Waals surface area contributed by atoms with Crippen LogP contribution in [0.5, 0.6) is 0 Å². The summed E-state index contributed by atoms with van der Waals surface area (Å²) >= 11 is 3.48. The lowest BCUT2D eigenvalue weighted by molar-refractivity contribution is 0.590. The third kappa shape index (κ3) is 2.02. The molecule has 1 aromatic carbocycles. The topological polar surface area (TPSA) is 45.8 Å². The van der Waals surface area contributed by atoms with Crippen LogP contribution in [-0.2, 0) is 5.41 Å². The minimum absolute atomic E-state index is 0.0451. The summed E-state index contributed by atoms with van der Waals surface area (Å²) < 4.78 is 0.908. The highest BCUT2D eigenvalue weighted by Crippen LogP contribution is 2.29. The van der Waals surface area contributed by atoms with Crippen molar-refractivity contribution in [3.63, 3.8) is 0 Å². The minimum Gasteiger partial charge on any atom is -0.319 e. The van der Waals surface area contributed by atoms with E-state index in [1.165, 1.54) is 6.20 Å². The first-order valence-corrected chi connectivity index (χ1v) is 5.86. The maximum atomic E-state index is 11.2. The van der Waals surface area contributed by atoms with Gasteiger partial charge in [-0.15, -0.1) is 0 Å². The van der Waals surface area contributed by atoms with Crippen LogP contribution in [0.25, 0.3) is 11.0 Å². The second-order valence-electron chi connectivity index (χ2n) is 4.85. The van der Waals surface area contributed by atoms with Crippen LogP contribution in [0, 0.1) is 0 Å². The molecule has 2 rings (SSSR count). The van der Waals surface area contributed by atoms with Gasteiger partial charge in [-0.1, -0.05) is 20.8 Å². The van der Waals surface area contributed by atoms with Gasteiger partial charge in [0.05, 0.1) is 11.7 Å². The van der Waals surface area contributed by atoms with Crippen molar-refractivity contribution in [2.24, 2.45) is 0 Å². The molecule has 4 heteroatoms. The number of benzene rings is 1. The van der Waals surface area contributed by atoms with Gasteiger partial charge in [-0.25, -0.2) is 4.98 Å². The van der Waals surface area contributed by atoms with Crippen LogP contribution in [0.2, 0.25) is 0 Å². The lowest BCUT2D eigenvalue weighted by Gasteiger charge is -2.19. The van der Waals surface area contributed by atoms with Gasteiger partial charge < -0.3 is 4.98 Å². The van der Waals surface area contributed by atoms with E-state index in [1.54, 1.807) is 0 Å². The second-order valence-corrected chi connectivity index (χ2v) is 5.71. The zero-order valence-electron chi connectivity index (χ0n) is 9.47. The molecule has 1 heterocycles. The minimum atomic E-state index is -0.176. The third-order valence-corrected chi connectivity index (χ3v) is 3.10. The molecule has 84 valence electrons. The zero-order chi connectivity index (χ0) is 11.9. The zero-order valence-corrected chi connectivity index (χ0v) is 11.1. The third-order valence-electron chi connectivity index (χ3n) is 2.50. The monoisotopic (exact) mass is 280 g/mol. The normalized spacial score (nSPS) is 12.0. The maximum absolute atomic E-state index is 11.2. The van der Waals surface area contributed by atoms with E-state index in [-0.39, 0.29) is 11.0 Å². The Hall–Kier alpha value is -1.16. The van der Waals surface area contributed by atoms with Crippen LogP contribution < -0.4 is 5.56 Å². The Morgan fingerprint density at radius 3 is 2.62 bits per heavy atom. The highest BCUT2D eigenvalue weighted by molar-refractivity contribution is 9.10. The Labute approximate surface area is 102 Å². The first-order chi connectivity index (χ1) is 7.38. The standard InChI is InChI=1S/C12H13BrN2O/c1-12(2,3)7-4-8(13)11-9(5-7)15-10(16)6-14-11/h4-6H,1-3H3,(H,15,16). The van der Waals surface area contributed by atoms with Crippen LogP contribution in [-0.4, -0.2) is 9.97 Å². The van der Waals surface area contributed by atoms with Gasteiger partial charge in [-0.2, -0.15) is 0 Å². The van der Waals surface area contributed by atoms with E-state index in [1.807, 2.05) is 12.1 Å². The van der Waals surface area contributed by atoms with Gasteiger partial charge in [-0.3, -0.25) is 4.79 Å². The number of halogens is 1. The molecule has 0 amide bonds. The molecule has 0 saturated carbocycles. The molecule has 0 radical (unpaired) electrons. The van der Waals surface area contributed by atoms with Crippen molar-refractivity contribution in [2.45, 2.75) is 26.2 Å². The lowest BCUT2D eigenvalue weighted by Crippen LogP contribution is -2.12. The summed E-state index contributed by atoms with van der Waals surface area (Å²) in [5.74, 6) is 0.